The molecule has 2 aromatic rings. The van der Waals surface area contributed by atoms with Gasteiger partial charge in [0.2, 0.25) is 5.91 Å². The number of carbonyl (C=O) groups is 2. The van der Waals surface area contributed by atoms with Crippen LogP contribution in [0.1, 0.15) is 43.5 Å². The Morgan fingerprint density at radius 3 is 2.12 bits per heavy atom. The molecule has 0 aliphatic carbocycles. The molecule has 2 aromatic carbocycles. The largest absolute Gasteiger partial charge is 0.494 e. The summed E-state index contributed by atoms with van der Waals surface area (Å²) in [6.45, 7) is 8.88. The lowest BCUT2D eigenvalue weighted by molar-refractivity contribution is -0.129. The molecule has 0 aliphatic rings. The zero-order valence-corrected chi connectivity index (χ0v) is 19.3. The van der Waals surface area contributed by atoms with Crippen molar-refractivity contribution >= 4 is 11.7 Å². The number of methoxy groups -OCH3 is 1. The van der Waals surface area contributed by atoms with Gasteiger partial charge >= 0.3 is 0 Å². The highest BCUT2D eigenvalue weighted by atomic mass is 16.5. The summed E-state index contributed by atoms with van der Waals surface area (Å²) in [6, 6.07) is 14.8. The molecule has 0 radical (unpaired) electrons. The minimum atomic E-state index is -1.37. The molecule has 32 heavy (non-hydrogen) atoms. The van der Waals surface area contributed by atoms with E-state index in [1.165, 1.54) is 13.5 Å². The zero-order valence-electron chi connectivity index (χ0n) is 19.3. The predicted octanol–water partition coefficient (Wildman–Crippen LogP) is 4.42. The second-order valence-corrected chi connectivity index (χ2v) is 7.04. The van der Waals surface area contributed by atoms with Crippen LogP contribution in [0.3, 0.4) is 0 Å². The summed E-state index contributed by atoms with van der Waals surface area (Å²) in [7, 11) is 1.52. The number of benzene rings is 2. The molecule has 2 N–H and O–H groups in total. The van der Waals surface area contributed by atoms with E-state index in [4.69, 9.17) is 9.47 Å². The van der Waals surface area contributed by atoms with Gasteiger partial charge in [0.15, 0.2) is 5.78 Å². The molecular weight excluding hydrogens is 406 g/mol. The number of ketones is 1. The summed E-state index contributed by atoms with van der Waals surface area (Å²) in [5, 5.41) is 12.4. The van der Waals surface area contributed by atoms with Crippen LogP contribution in [-0.2, 0) is 9.53 Å². The molecule has 0 saturated heterocycles. The second kappa shape index (κ2) is 15.8. The summed E-state index contributed by atoms with van der Waals surface area (Å²) < 4.78 is 10.2. The fourth-order valence-corrected chi connectivity index (χ4v) is 2.74. The summed E-state index contributed by atoms with van der Waals surface area (Å²) in [6.07, 6.45) is 2.67. The molecule has 0 heterocycles. The average Bonchev–Trinajstić information content (AvgIpc) is 2.81. The number of ether oxygens (including phenoxy) is 2. The normalized spacial score (nSPS) is 11.0. The third kappa shape index (κ3) is 9.90. The smallest absolute Gasteiger partial charge is 0.249 e. The van der Waals surface area contributed by atoms with Crippen molar-refractivity contribution in [3.63, 3.8) is 0 Å². The maximum atomic E-state index is 12.3. The number of allylic oxidation sites excluding steroid dienone is 1. The fourth-order valence-electron chi connectivity index (χ4n) is 2.74. The third-order valence-corrected chi connectivity index (χ3v) is 4.49. The second-order valence-electron chi connectivity index (χ2n) is 7.04. The van der Waals surface area contributed by atoms with Gasteiger partial charge in [-0.15, -0.1) is 6.58 Å². The molecule has 0 aromatic heterocycles. The van der Waals surface area contributed by atoms with Crippen molar-refractivity contribution in [3.8, 4) is 16.9 Å². The average molecular weight is 442 g/mol. The van der Waals surface area contributed by atoms with Crippen LogP contribution >= 0.6 is 0 Å². The molecule has 0 saturated carbocycles. The Morgan fingerprint density at radius 1 is 1.06 bits per heavy atom. The van der Waals surface area contributed by atoms with Crippen LogP contribution in [0.4, 0.5) is 0 Å². The Bertz CT molecular complexity index is 815. The van der Waals surface area contributed by atoms with E-state index in [2.05, 4.69) is 18.8 Å². The summed E-state index contributed by atoms with van der Waals surface area (Å²) in [4.78, 5) is 24.0. The van der Waals surface area contributed by atoms with Gasteiger partial charge < -0.3 is 19.9 Å². The first-order valence-corrected chi connectivity index (χ1v) is 10.9. The number of unbranched alkanes of at least 4 members (excludes halogenated alkanes) is 1. The molecule has 6 heteroatoms. The monoisotopic (exact) mass is 441 g/mol. The van der Waals surface area contributed by atoms with Crippen LogP contribution < -0.4 is 10.1 Å². The number of Topliss-reactive ketones (excluding diaryl/α,β-unsaturated/α-hetero) is 1. The van der Waals surface area contributed by atoms with Gasteiger partial charge in [-0.1, -0.05) is 55.8 Å². The molecule has 6 nitrogen and oxygen atoms in total. The molecule has 1 amide bonds. The van der Waals surface area contributed by atoms with Gasteiger partial charge in [-0.05, 0) is 36.6 Å². The lowest BCUT2D eigenvalue weighted by atomic mass is 10.00. The van der Waals surface area contributed by atoms with Crippen LogP contribution in [0.15, 0.2) is 61.2 Å². The first-order valence-electron chi connectivity index (χ1n) is 10.9. The highest BCUT2D eigenvalue weighted by molar-refractivity contribution is 5.99. The van der Waals surface area contributed by atoms with Crippen molar-refractivity contribution in [2.75, 3.05) is 26.9 Å². The molecule has 1 unspecified atom stereocenters. The van der Waals surface area contributed by atoms with Gasteiger partial charge in [0, 0.05) is 25.6 Å². The molecule has 0 aliphatic heterocycles. The number of amides is 1. The number of aliphatic hydroxyl groups is 1. The van der Waals surface area contributed by atoms with Crippen molar-refractivity contribution in [1.29, 1.82) is 0 Å². The Balaban J connectivity index is 0.000000920. The highest BCUT2D eigenvalue weighted by Crippen LogP contribution is 2.23. The van der Waals surface area contributed by atoms with Crippen LogP contribution in [0.2, 0.25) is 0 Å². The van der Waals surface area contributed by atoms with Gasteiger partial charge in [-0.25, -0.2) is 0 Å². The summed E-state index contributed by atoms with van der Waals surface area (Å²) in [5.41, 5.74) is 2.43. The van der Waals surface area contributed by atoms with Crippen LogP contribution in [-0.4, -0.2) is 49.8 Å². The topological polar surface area (TPSA) is 84.9 Å². The van der Waals surface area contributed by atoms with Crippen molar-refractivity contribution in [2.24, 2.45) is 0 Å². The molecule has 174 valence electrons. The minimum Gasteiger partial charge on any atom is -0.494 e. The van der Waals surface area contributed by atoms with Gasteiger partial charge in [-0.2, -0.15) is 0 Å². The van der Waals surface area contributed by atoms with E-state index in [-0.39, 0.29) is 18.7 Å². The Morgan fingerprint density at radius 2 is 1.66 bits per heavy atom. The van der Waals surface area contributed by atoms with Crippen molar-refractivity contribution in [3.05, 3.63) is 66.7 Å². The SMILES string of the molecule is C=CCCC.CCOc1ccc(-c2ccc(C(=O)CC(O)C(=O)NCCOC)cc2)cc1. The van der Waals surface area contributed by atoms with E-state index in [9.17, 15) is 14.7 Å². The molecule has 0 fully saturated rings. The summed E-state index contributed by atoms with van der Waals surface area (Å²) >= 11 is 0. The minimum absolute atomic E-state index is 0.263. The standard InChI is InChI=1S/C21H25NO5.C5H10/c1-3-27-18-10-8-16(9-11-18)15-4-6-17(7-5-15)19(23)14-20(24)21(25)22-12-13-26-2;1-3-5-4-2/h4-11,20,24H,3,12-14H2,1-2H3,(H,22,25);3H,1,4-5H2,2H3. The number of aliphatic hydroxyl groups excluding tert-OH is 1. The Kier molecular flexibility index (Phi) is 13.4. The first kappa shape index (κ1) is 27.1. The fraction of sp³-hybridized carbons (Fsp3) is 0.385. The van der Waals surface area contributed by atoms with E-state index in [0.717, 1.165) is 23.3 Å². The van der Waals surface area contributed by atoms with Crippen molar-refractivity contribution in [2.45, 2.75) is 39.2 Å². The Hall–Kier alpha value is -2.96. The molecule has 1 atom stereocenters. The van der Waals surface area contributed by atoms with Crippen LogP contribution in [0.25, 0.3) is 11.1 Å². The van der Waals surface area contributed by atoms with Crippen molar-refractivity contribution in [1.82, 2.24) is 5.32 Å². The first-order chi connectivity index (χ1) is 15.5. The molecule has 2 rings (SSSR count). The maximum absolute atomic E-state index is 12.3. The van der Waals surface area contributed by atoms with Gasteiger partial charge in [0.05, 0.1) is 13.2 Å². The highest BCUT2D eigenvalue weighted by Gasteiger charge is 2.19. The zero-order chi connectivity index (χ0) is 23.8. The van der Waals surface area contributed by atoms with Crippen LogP contribution in [0, 0.1) is 0 Å². The lowest BCUT2D eigenvalue weighted by Gasteiger charge is -2.11. The quantitative estimate of drug-likeness (QED) is 0.289. The Labute approximate surface area is 191 Å². The molecule has 0 bridgehead atoms. The van der Waals surface area contributed by atoms with Crippen molar-refractivity contribution < 1.29 is 24.2 Å². The number of nitrogens with one attached hydrogen (secondary N) is 1. The molecule has 0 spiro atoms. The van der Waals surface area contributed by atoms with Gasteiger partial charge in [0.1, 0.15) is 11.9 Å². The van der Waals surface area contributed by atoms with E-state index in [1.807, 2.05) is 49.4 Å². The van der Waals surface area contributed by atoms with E-state index < -0.39 is 12.0 Å². The van der Waals surface area contributed by atoms with E-state index in [1.54, 1.807) is 12.1 Å². The van der Waals surface area contributed by atoms with Gasteiger partial charge in [-0.3, -0.25) is 9.59 Å². The van der Waals surface area contributed by atoms with Crippen LogP contribution in [0.5, 0.6) is 5.75 Å². The molecular formula is C26H35NO5. The third-order valence-electron chi connectivity index (χ3n) is 4.49. The van der Waals surface area contributed by atoms with E-state index in [0.29, 0.717) is 18.8 Å². The number of carbonyl (C=O) groups excluding carboxylic acids is 2. The number of hydrogen-bond donors (Lipinski definition) is 2. The van der Waals surface area contributed by atoms with Gasteiger partial charge in [0.25, 0.3) is 0 Å². The number of hydrogen-bond acceptors (Lipinski definition) is 5. The maximum Gasteiger partial charge on any atom is 0.249 e. The van der Waals surface area contributed by atoms with E-state index >= 15 is 0 Å². The lowest BCUT2D eigenvalue weighted by Crippen LogP contribution is -2.37. The predicted molar refractivity (Wildman–Crippen MR) is 128 cm³/mol. The summed E-state index contributed by atoms with van der Waals surface area (Å²) in [5.74, 6) is -0.0557. The number of rotatable bonds is 12.